The van der Waals surface area contributed by atoms with Gasteiger partial charge in [0, 0.05) is 43.0 Å². The highest BCUT2D eigenvalue weighted by molar-refractivity contribution is 5.99. The highest BCUT2D eigenvalue weighted by Crippen LogP contribution is 2.45. The smallest absolute Gasteiger partial charge is 0.274 e. The molecule has 43 heavy (non-hydrogen) atoms. The number of hydrogen-bond acceptors (Lipinski definition) is 6. The number of nitrogens with one attached hydrogen (secondary N) is 2. The number of aromatic nitrogens is 1. The van der Waals surface area contributed by atoms with E-state index in [1.54, 1.807) is 35.2 Å². The Labute approximate surface area is 243 Å². The Bertz CT molecular complexity index is 1670. The number of pyridine rings is 1. The van der Waals surface area contributed by atoms with Crippen LogP contribution in [0.4, 0.5) is 13.2 Å². The van der Waals surface area contributed by atoms with Gasteiger partial charge in [0.2, 0.25) is 11.3 Å². The van der Waals surface area contributed by atoms with Gasteiger partial charge < -0.3 is 19.5 Å². The van der Waals surface area contributed by atoms with Gasteiger partial charge in [0.15, 0.2) is 11.4 Å². The highest BCUT2D eigenvalue weighted by Gasteiger charge is 2.54. The zero-order valence-electron chi connectivity index (χ0n) is 23.0. The number of carbonyl (C=O) groups excluding carboxylic acids is 3. The van der Waals surface area contributed by atoms with Crippen molar-refractivity contribution in [2.75, 3.05) is 6.54 Å². The molecule has 10 nitrogen and oxygen atoms in total. The molecule has 2 aromatic carbocycles. The molecule has 0 saturated carbocycles. The van der Waals surface area contributed by atoms with Crippen molar-refractivity contribution in [2.45, 2.75) is 57.0 Å². The Morgan fingerprint density at radius 1 is 1.14 bits per heavy atom. The molecule has 1 spiro atoms. The van der Waals surface area contributed by atoms with Crippen molar-refractivity contribution >= 4 is 17.7 Å². The average molecular weight is 597 g/mol. The van der Waals surface area contributed by atoms with Crippen molar-refractivity contribution in [1.82, 2.24) is 20.3 Å². The predicted octanol–water partition coefficient (Wildman–Crippen LogP) is 3.14. The maximum atomic E-state index is 14.2. The number of amides is 3. The second-order valence-electron chi connectivity index (χ2n) is 11.0. The van der Waals surface area contributed by atoms with E-state index in [1.807, 2.05) is 6.92 Å². The van der Waals surface area contributed by atoms with Crippen LogP contribution in [0.15, 0.2) is 53.5 Å². The number of rotatable bonds is 6. The molecule has 2 fully saturated rings. The normalized spacial score (nSPS) is 22.7. The van der Waals surface area contributed by atoms with E-state index in [1.165, 1.54) is 10.8 Å². The third-order valence-corrected chi connectivity index (χ3v) is 8.32. The molecule has 4 heterocycles. The molecule has 2 N–H and O–H groups in total. The van der Waals surface area contributed by atoms with Crippen LogP contribution in [0.25, 0.3) is 0 Å². The molecule has 0 radical (unpaired) electrons. The fourth-order valence-electron chi connectivity index (χ4n) is 5.99. The quantitative estimate of drug-likeness (QED) is 0.452. The second kappa shape index (κ2) is 10.9. The molecule has 3 amide bonds. The Balaban J connectivity index is 1.46. The number of halogens is 3. The molecule has 2 bridgehead atoms. The Morgan fingerprint density at radius 3 is 2.53 bits per heavy atom. The minimum Gasteiger partial charge on any atom is -0.483 e. The van der Waals surface area contributed by atoms with Gasteiger partial charge in [-0.15, -0.1) is 0 Å². The summed E-state index contributed by atoms with van der Waals surface area (Å²) in [5, 5.41) is 2.32. The third-order valence-electron chi connectivity index (χ3n) is 8.32. The summed E-state index contributed by atoms with van der Waals surface area (Å²) in [4.78, 5) is 60.9. The van der Waals surface area contributed by atoms with Crippen LogP contribution in [0.1, 0.15) is 64.2 Å². The molecule has 224 valence electrons. The molecular weight excluding hydrogens is 569 g/mol. The fourth-order valence-corrected chi connectivity index (χ4v) is 5.99. The number of nitrogens with zero attached hydrogens (tertiary/aromatic N) is 2. The van der Waals surface area contributed by atoms with Gasteiger partial charge >= 0.3 is 0 Å². The van der Waals surface area contributed by atoms with Crippen molar-refractivity contribution in [3.05, 3.63) is 98.7 Å². The van der Waals surface area contributed by atoms with Crippen LogP contribution in [0.3, 0.4) is 0 Å². The van der Waals surface area contributed by atoms with Crippen LogP contribution >= 0.6 is 0 Å². The summed E-state index contributed by atoms with van der Waals surface area (Å²) < 4.78 is 49.3. The van der Waals surface area contributed by atoms with Crippen molar-refractivity contribution in [3.8, 4) is 5.75 Å². The fraction of sp³-hybridized carbons (Fsp3) is 0.333. The molecule has 2 saturated heterocycles. The first kappa shape index (κ1) is 28.5. The molecule has 3 aliphatic heterocycles. The molecule has 6 rings (SSSR count). The van der Waals surface area contributed by atoms with Crippen LogP contribution in [-0.2, 0) is 22.8 Å². The lowest BCUT2D eigenvalue weighted by Crippen LogP contribution is -2.52. The van der Waals surface area contributed by atoms with Crippen molar-refractivity contribution < 1.29 is 37.1 Å². The van der Waals surface area contributed by atoms with Gasteiger partial charge in [-0.2, -0.15) is 0 Å². The molecule has 3 aliphatic rings. The zero-order valence-corrected chi connectivity index (χ0v) is 23.0. The van der Waals surface area contributed by atoms with E-state index in [-0.39, 0.29) is 43.0 Å². The van der Waals surface area contributed by atoms with Gasteiger partial charge in [-0.05, 0) is 25.3 Å². The van der Waals surface area contributed by atoms with Crippen molar-refractivity contribution in [2.24, 2.45) is 0 Å². The lowest BCUT2D eigenvalue weighted by Gasteiger charge is -2.42. The highest BCUT2D eigenvalue weighted by atomic mass is 19.1. The van der Waals surface area contributed by atoms with Crippen molar-refractivity contribution in [3.63, 3.8) is 0 Å². The average Bonchev–Trinajstić information content (AvgIpc) is 3.30. The van der Waals surface area contributed by atoms with E-state index >= 15 is 0 Å². The summed E-state index contributed by atoms with van der Waals surface area (Å²) in [6.07, 6.45) is 2.10. The number of hydrogen-bond donors (Lipinski definition) is 2. The van der Waals surface area contributed by atoms with Gasteiger partial charge in [-0.1, -0.05) is 30.3 Å². The topological polar surface area (TPSA) is 119 Å². The summed E-state index contributed by atoms with van der Waals surface area (Å²) in [7, 11) is 0. The largest absolute Gasteiger partial charge is 0.483 e. The van der Waals surface area contributed by atoms with Crippen LogP contribution in [0.5, 0.6) is 5.75 Å². The summed E-state index contributed by atoms with van der Waals surface area (Å²) in [5.41, 5.74) is -0.0487. The maximum absolute atomic E-state index is 14.2. The molecule has 0 unspecified atom stereocenters. The van der Waals surface area contributed by atoms with Gasteiger partial charge in [-0.25, -0.2) is 18.7 Å². The molecule has 1 aromatic heterocycles. The first-order valence-electron chi connectivity index (χ1n) is 13.7. The Kier molecular flexibility index (Phi) is 7.20. The molecule has 3 aromatic rings. The summed E-state index contributed by atoms with van der Waals surface area (Å²) in [6, 6.07) is 8.90. The van der Waals surface area contributed by atoms with Crippen LogP contribution in [-0.4, -0.2) is 45.4 Å². The van der Waals surface area contributed by atoms with Gasteiger partial charge in [0.25, 0.3) is 11.8 Å². The van der Waals surface area contributed by atoms with Gasteiger partial charge in [-0.3, -0.25) is 24.0 Å². The van der Waals surface area contributed by atoms with Crippen LogP contribution in [0, 0.1) is 17.5 Å². The summed E-state index contributed by atoms with van der Waals surface area (Å²) in [5.74, 6) is -5.74. The SMILES string of the molecule is C[C@H]1CC[C@]2(CC(=O)NO2)[C@H]2CN1C(=O)c1c(OCc3ccccc3)c(=O)c(C(=O)NCc3c(F)cc(F)cc3F)cn12. The van der Waals surface area contributed by atoms with Gasteiger partial charge in [0.05, 0.1) is 12.5 Å². The minimum absolute atomic E-state index is 0.0111. The van der Waals surface area contributed by atoms with Crippen LogP contribution in [0.2, 0.25) is 0 Å². The van der Waals surface area contributed by atoms with E-state index in [0.717, 1.165) is 0 Å². The number of benzene rings is 2. The first-order valence-corrected chi connectivity index (χ1v) is 13.7. The van der Waals surface area contributed by atoms with Crippen molar-refractivity contribution in [1.29, 1.82) is 0 Å². The minimum atomic E-state index is -1.21. The lowest BCUT2D eigenvalue weighted by molar-refractivity contribution is -0.128. The molecular formula is C30H27F3N4O6. The summed E-state index contributed by atoms with van der Waals surface area (Å²) >= 11 is 0. The maximum Gasteiger partial charge on any atom is 0.274 e. The van der Waals surface area contributed by atoms with E-state index in [2.05, 4.69) is 10.8 Å². The molecule has 13 heteroatoms. The standard InChI is InChI=1S/C30H27F3N4O6/c1-16-7-8-30(11-24(38)35-43-30)23-14-36(16)29(41)25-27(42-15-17-5-3-2-4-6-17)26(39)20(13-37(23)25)28(40)34-12-19-21(32)9-18(31)10-22(19)33/h2-6,9-10,13,16,23H,7-8,11-12,14-15H2,1H3,(H,34,40)(H,35,38)/t16-,23+,30-/m0/s1. The monoisotopic (exact) mass is 596 g/mol. The lowest BCUT2D eigenvalue weighted by atomic mass is 9.85. The zero-order chi connectivity index (χ0) is 30.5. The number of ether oxygens (including phenoxy) is 1. The van der Waals surface area contributed by atoms with Gasteiger partial charge in [0.1, 0.15) is 35.2 Å². The Hall–Kier alpha value is -4.65. The summed E-state index contributed by atoms with van der Waals surface area (Å²) in [6.45, 7) is 1.22. The van der Waals surface area contributed by atoms with E-state index in [4.69, 9.17) is 9.57 Å². The Morgan fingerprint density at radius 2 is 1.86 bits per heavy atom. The van der Waals surface area contributed by atoms with E-state index in [0.29, 0.717) is 30.5 Å². The predicted molar refractivity (Wildman–Crippen MR) is 144 cm³/mol. The molecule has 3 atom stereocenters. The number of carbonyl (C=O) groups is 3. The van der Waals surface area contributed by atoms with E-state index < -0.39 is 64.0 Å². The molecule has 0 aliphatic carbocycles. The number of fused-ring (bicyclic) bond motifs is 5. The third kappa shape index (κ3) is 5.03. The van der Waals surface area contributed by atoms with E-state index in [9.17, 15) is 32.3 Å². The second-order valence-corrected chi connectivity index (χ2v) is 11.0. The number of hydroxylamine groups is 1. The first-order chi connectivity index (χ1) is 20.6. The van der Waals surface area contributed by atoms with Crippen LogP contribution < -0.4 is 21.0 Å².